The minimum absolute atomic E-state index is 0.0380. The number of amides is 1. The summed E-state index contributed by atoms with van der Waals surface area (Å²) in [7, 11) is 1.67. The zero-order chi connectivity index (χ0) is 17.6. The van der Waals surface area contributed by atoms with E-state index in [-0.39, 0.29) is 11.8 Å². The lowest BCUT2D eigenvalue weighted by atomic mass is 9.94. The third kappa shape index (κ3) is 4.54. The molecule has 6 nitrogen and oxygen atoms in total. The zero-order valence-electron chi connectivity index (χ0n) is 14.7. The van der Waals surface area contributed by atoms with E-state index in [9.17, 15) is 4.79 Å². The van der Waals surface area contributed by atoms with Crippen molar-refractivity contribution in [2.24, 2.45) is 0 Å². The Bertz CT molecular complexity index is 735. The van der Waals surface area contributed by atoms with Gasteiger partial charge in [-0.3, -0.25) is 14.7 Å². The van der Waals surface area contributed by atoms with Gasteiger partial charge in [0.2, 0.25) is 11.8 Å². The Morgan fingerprint density at radius 2 is 2.20 bits per heavy atom. The Labute approximate surface area is 148 Å². The lowest BCUT2D eigenvalue weighted by Crippen LogP contribution is -2.41. The highest BCUT2D eigenvalue weighted by Crippen LogP contribution is 2.32. The van der Waals surface area contributed by atoms with Crippen molar-refractivity contribution in [2.45, 2.75) is 25.7 Å². The van der Waals surface area contributed by atoms with Gasteiger partial charge in [-0.1, -0.05) is 12.1 Å². The number of likely N-dealkylation sites (tertiary alicyclic amines) is 1. The van der Waals surface area contributed by atoms with Crippen LogP contribution >= 0.6 is 0 Å². The summed E-state index contributed by atoms with van der Waals surface area (Å²) in [6.07, 6.45) is 5.41. The Morgan fingerprint density at radius 3 is 3.00 bits per heavy atom. The van der Waals surface area contributed by atoms with Gasteiger partial charge in [-0.25, -0.2) is 4.98 Å². The fraction of sp³-hybridized carbons (Fsp3) is 0.421. The molecule has 1 aliphatic heterocycles. The van der Waals surface area contributed by atoms with Gasteiger partial charge in [-0.2, -0.15) is 0 Å². The highest BCUT2D eigenvalue weighted by Gasteiger charge is 2.26. The SMILES string of the molecule is CNC(=O)CN1CCC[C@@H](c2nccnc2Oc2cccc(C)c2)C1. The van der Waals surface area contributed by atoms with E-state index in [1.807, 2.05) is 31.2 Å². The average molecular weight is 340 g/mol. The van der Waals surface area contributed by atoms with Crippen LogP contribution in [0.1, 0.15) is 30.0 Å². The number of rotatable bonds is 5. The smallest absolute Gasteiger partial charge is 0.241 e. The Kier molecular flexibility index (Phi) is 5.60. The van der Waals surface area contributed by atoms with Crippen molar-refractivity contribution >= 4 is 5.91 Å². The van der Waals surface area contributed by atoms with Crippen LogP contribution in [0.25, 0.3) is 0 Å². The summed E-state index contributed by atoms with van der Waals surface area (Å²) < 4.78 is 6.01. The number of nitrogens with one attached hydrogen (secondary N) is 1. The molecule has 2 heterocycles. The number of hydrogen-bond donors (Lipinski definition) is 1. The minimum Gasteiger partial charge on any atom is -0.437 e. The molecule has 1 N–H and O–H groups in total. The molecule has 1 aromatic heterocycles. The van der Waals surface area contributed by atoms with Crippen molar-refractivity contribution in [3.63, 3.8) is 0 Å². The third-order valence-corrected chi connectivity index (χ3v) is 4.43. The number of piperidine rings is 1. The molecule has 0 aliphatic carbocycles. The number of nitrogens with zero attached hydrogens (tertiary/aromatic N) is 3. The van der Waals surface area contributed by atoms with Gasteiger partial charge < -0.3 is 10.1 Å². The molecular formula is C19H24N4O2. The Balaban J connectivity index is 1.76. The average Bonchev–Trinajstić information content (AvgIpc) is 2.62. The molecule has 0 unspecified atom stereocenters. The number of hydrogen-bond acceptors (Lipinski definition) is 5. The Morgan fingerprint density at radius 1 is 1.36 bits per heavy atom. The monoisotopic (exact) mass is 340 g/mol. The highest BCUT2D eigenvalue weighted by molar-refractivity contribution is 5.77. The van der Waals surface area contributed by atoms with Crippen LogP contribution in [0.3, 0.4) is 0 Å². The molecule has 2 aromatic rings. The van der Waals surface area contributed by atoms with Crippen molar-refractivity contribution in [3.8, 4) is 11.6 Å². The van der Waals surface area contributed by atoms with Crippen LogP contribution < -0.4 is 10.1 Å². The number of likely N-dealkylation sites (N-methyl/N-ethyl adjacent to an activating group) is 1. The Hall–Kier alpha value is -2.47. The molecule has 1 amide bonds. The fourth-order valence-electron chi connectivity index (χ4n) is 3.19. The maximum absolute atomic E-state index is 11.7. The second-order valence-corrected chi connectivity index (χ2v) is 6.41. The summed E-state index contributed by atoms with van der Waals surface area (Å²) in [5.74, 6) is 1.57. The number of carbonyl (C=O) groups excluding carboxylic acids is 1. The van der Waals surface area contributed by atoms with Crippen LogP contribution in [0, 0.1) is 6.92 Å². The molecule has 0 spiro atoms. The molecule has 3 rings (SSSR count). The largest absolute Gasteiger partial charge is 0.437 e. The molecule has 1 atom stereocenters. The maximum Gasteiger partial charge on any atom is 0.241 e. The predicted octanol–water partition coefficient (Wildman–Crippen LogP) is 2.50. The van der Waals surface area contributed by atoms with Gasteiger partial charge in [0.05, 0.1) is 6.54 Å². The lowest BCUT2D eigenvalue weighted by Gasteiger charge is -2.32. The van der Waals surface area contributed by atoms with Crippen LogP contribution in [-0.4, -0.2) is 47.5 Å². The molecular weight excluding hydrogens is 316 g/mol. The molecule has 1 fully saturated rings. The van der Waals surface area contributed by atoms with Crippen molar-refractivity contribution in [1.29, 1.82) is 0 Å². The molecule has 0 bridgehead atoms. The summed E-state index contributed by atoms with van der Waals surface area (Å²) in [6, 6.07) is 7.90. The number of carbonyl (C=O) groups is 1. The van der Waals surface area contributed by atoms with Crippen molar-refractivity contribution in [3.05, 3.63) is 47.9 Å². The quantitative estimate of drug-likeness (QED) is 0.906. The molecule has 1 aromatic carbocycles. The van der Waals surface area contributed by atoms with E-state index in [4.69, 9.17) is 4.74 Å². The first-order chi connectivity index (χ1) is 12.2. The molecule has 25 heavy (non-hydrogen) atoms. The lowest BCUT2D eigenvalue weighted by molar-refractivity contribution is -0.122. The molecule has 0 saturated carbocycles. The van der Waals surface area contributed by atoms with Gasteiger partial charge in [-0.15, -0.1) is 0 Å². The van der Waals surface area contributed by atoms with Crippen LogP contribution in [0.4, 0.5) is 0 Å². The van der Waals surface area contributed by atoms with Gasteiger partial charge in [0.25, 0.3) is 0 Å². The first-order valence-corrected chi connectivity index (χ1v) is 8.64. The second kappa shape index (κ2) is 8.07. The van der Waals surface area contributed by atoms with Gasteiger partial charge >= 0.3 is 0 Å². The molecule has 1 aliphatic rings. The number of aryl methyl sites for hydroxylation is 1. The van der Waals surface area contributed by atoms with E-state index in [1.165, 1.54) is 0 Å². The number of benzene rings is 1. The van der Waals surface area contributed by atoms with E-state index >= 15 is 0 Å². The van der Waals surface area contributed by atoms with Crippen molar-refractivity contribution in [2.75, 3.05) is 26.7 Å². The van der Waals surface area contributed by atoms with Crippen LogP contribution in [0.2, 0.25) is 0 Å². The summed E-state index contributed by atoms with van der Waals surface area (Å²) in [6.45, 7) is 4.16. The molecule has 6 heteroatoms. The normalized spacial score (nSPS) is 17.9. The van der Waals surface area contributed by atoms with Crippen molar-refractivity contribution in [1.82, 2.24) is 20.2 Å². The topological polar surface area (TPSA) is 67.4 Å². The van der Waals surface area contributed by atoms with E-state index in [1.54, 1.807) is 19.4 Å². The summed E-state index contributed by atoms with van der Waals surface area (Å²) >= 11 is 0. The zero-order valence-corrected chi connectivity index (χ0v) is 14.7. The molecule has 0 radical (unpaired) electrons. The fourth-order valence-corrected chi connectivity index (χ4v) is 3.19. The standard InChI is InChI=1S/C19H24N4O2/c1-14-5-3-7-16(11-14)25-19-18(21-8-9-22-19)15-6-4-10-23(12-15)13-17(24)20-2/h3,5,7-9,11,15H,4,6,10,12-13H2,1-2H3,(H,20,24)/t15-/m1/s1. The van der Waals surface area contributed by atoms with E-state index in [2.05, 4.69) is 20.2 Å². The maximum atomic E-state index is 11.7. The van der Waals surface area contributed by atoms with Crippen LogP contribution in [-0.2, 0) is 4.79 Å². The third-order valence-electron chi connectivity index (χ3n) is 4.43. The van der Waals surface area contributed by atoms with E-state index in [0.29, 0.717) is 12.4 Å². The van der Waals surface area contributed by atoms with E-state index < -0.39 is 0 Å². The number of aromatic nitrogens is 2. The first kappa shape index (κ1) is 17.4. The van der Waals surface area contributed by atoms with E-state index in [0.717, 1.165) is 42.9 Å². The molecule has 1 saturated heterocycles. The van der Waals surface area contributed by atoms with Gasteiger partial charge in [0, 0.05) is 31.9 Å². The summed E-state index contributed by atoms with van der Waals surface area (Å²) in [5.41, 5.74) is 2.00. The van der Waals surface area contributed by atoms with Crippen LogP contribution in [0.5, 0.6) is 11.6 Å². The van der Waals surface area contributed by atoms with Crippen molar-refractivity contribution < 1.29 is 9.53 Å². The van der Waals surface area contributed by atoms with Gasteiger partial charge in [0.15, 0.2) is 0 Å². The second-order valence-electron chi connectivity index (χ2n) is 6.41. The predicted molar refractivity (Wildman–Crippen MR) is 95.8 cm³/mol. The van der Waals surface area contributed by atoms with Gasteiger partial charge in [-0.05, 0) is 44.0 Å². The summed E-state index contributed by atoms with van der Waals surface area (Å²) in [5, 5.41) is 2.68. The highest BCUT2D eigenvalue weighted by atomic mass is 16.5. The first-order valence-electron chi connectivity index (χ1n) is 8.64. The van der Waals surface area contributed by atoms with Gasteiger partial charge in [0.1, 0.15) is 11.4 Å². The minimum atomic E-state index is 0.0380. The molecule has 132 valence electrons. The number of ether oxygens (including phenoxy) is 1. The van der Waals surface area contributed by atoms with Crippen LogP contribution in [0.15, 0.2) is 36.7 Å². The summed E-state index contributed by atoms with van der Waals surface area (Å²) in [4.78, 5) is 22.8.